The van der Waals surface area contributed by atoms with Crippen molar-refractivity contribution in [3.8, 4) is 0 Å². The Kier molecular flexibility index (Phi) is 6.17. The number of aromatic nitrogens is 3. The number of aliphatic hydroxyl groups excluding tert-OH is 1. The number of rotatable bonds is 7. The molecule has 1 aliphatic rings. The van der Waals surface area contributed by atoms with Gasteiger partial charge in [0.05, 0.1) is 12.2 Å². The van der Waals surface area contributed by atoms with Gasteiger partial charge in [-0.15, -0.1) is 5.10 Å². The van der Waals surface area contributed by atoms with Crippen LogP contribution in [0.25, 0.3) is 0 Å². The Labute approximate surface area is 151 Å². The van der Waals surface area contributed by atoms with E-state index in [9.17, 15) is 9.90 Å². The standard InChI is InChI=1S/C17H25N5O2S/c18-14-1-3-15(4-2-14)22-9-16(20-21-22)17(24)19-8-13(10-23)7-12-5-6-25-11-12/h5-6,9,11,13-15,23H,1-4,7-8,10,18H2,(H,19,24). The van der Waals surface area contributed by atoms with Gasteiger partial charge in [0, 0.05) is 25.1 Å². The van der Waals surface area contributed by atoms with Gasteiger partial charge >= 0.3 is 0 Å². The third kappa shape index (κ3) is 4.87. The Hall–Kier alpha value is -1.77. The first-order chi connectivity index (χ1) is 12.2. The molecule has 1 fully saturated rings. The van der Waals surface area contributed by atoms with E-state index in [4.69, 9.17) is 5.73 Å². The fraction of sp³-hybridized carbons (Fsp3) is 0.588. The maximum Gasteiger partial charge on any atom is 0.273 e. The summed E-state index contributed by atoms with van der Waals surface area (Å²) >= 11 is 1.63. The van der Waals surface area contributed by atoms with Gasteiger partial charge in [-0.25, -0.2) is 4.68 Å². The second-order valence-electron chi connectivity index (χ2n) is 6.75. The van der Waals surface area contributed by atoms with Gasteiger partial charge in [-0.05, 0) is 54.5 Å². The van der Waals surface area contributed by atoms with Gasteiger partial charge in [-0.2, -0.15) is 11.3 Å². The second kappa shape index (κ2) is 8.55. The number of nitrogens with two attached hydrogens (primary N) is 1. The minimum atomic E-state index is -0.248. The highest BCUT2D eigenvalue weighted by atomic mass is 32.1. The lowest BCUT2D eigenvalue weighted by Crippen LogP contribution is -2.32. The van der Waals surface area contributed by atoms with Gasteiger partial charge in [0.25, 0.3) is 5.91 Å². The van der Waals surface area contributed by atoms with Crippen LogP contribution in [0.1, 0.15) is 47.8 Å². The zero-order valence-electron chi connectivity index (χ0n) is 14.2. The highest BCUT2D eigenvalue weighted by molar-refractivity contribution is 7.07. The van der Waals surface area contributed by atoms with E-state index in [1.165, 1.54) is 5.56 Å². The number of nitrogens with one attached hydrogen (secondary N) is 1. The van der Waals surface area contributed by atoms with Crippen molar-refractivity contribution in [3.63, 3.8) is 0 Å². The van der Waals surface area contributed by atoms with Crippen molar-refractivity contribution >= 4 is 17.2 Å². The second-order valence-corrected chi connectivity index (χ2v) is 7.53. The Morgan fingerprint density at radius 2 is 2.24 bits per heavy atom. The quantitative estimate of drug-likeness (QED) is 0.689. The third-order valence-corrected chi connectivity index (χ3v) is 5.50. The number of amides is 1. The van der Waals surface area contributed by atoms with Crippen LogP contribution in [0.15, 0.2) is 23.0 Å². The summed E-state index contributed by atoms with van der Waals surface area (Å²) in [5.74, 6) is -0.254. The van der Waals surface area contributed by atoms with Crippen molar-refractivity contribution < 1.29 is 9.90 Å². The molecule has 7 nitrogen and oxygen atoms in total. The fourth-order valence-corrected chi connectivity index (χ4v) is 3.88. The van der Waals surface area contributed by atoms with Crippen LogP contribution < -0.4 is 11.1 Å². The van der Waals surface area contributed by atoms with Crippen LogP contribution in [-0.2, 0) is 6.42 Å². The number of aliphatic hydroxyl groups is 1. The maximum atomic E-state index is 12.3. The number of hydrogen-bond donors (Lipinski definition) is 3. The summed E-state index contributed by atoms with van der Waals surface area (Å²) in [5.41, 5.74) is 7.43. The van der Waals surface area contributed by atoms with Crippen LogP contribution in [0.2, 0.25) is 0 Å². The van der Waals surface area contributed by atoms with Crippen molar-refractivity contribution in [1.29, 1.82) is 0 Å². The Bertz CT molecular complexity index is 664. The molecule has 0 aromatic carbocycles. The molecule has 2 aromatic heterocycles. The SMILES string of the molecule is NC1CCC(n2cc(C(=O)NCC(CO)Cc3ccsc3)nn2)CC1. The molecule has 1 unspecified atom stereocenters. The van der Waals surface area contributed by atoms with Crippen molar-refractivity contribution in [2.24, 2.45) is 11.7 Å². The molecule has 0 radical (unpaired) electrons. The molecule has 1 aliphatic carbocycles. The molecule has 2 aromatic rings. The predicted molar refractivity (Wildman–Crippen MR) is 96.4 cm³/mol. The lowest BCUT2D eigenvalue weighted by Gasteiger charge is -2.25. The minimum Gasteiger partial charge on any atom is -0.396 e. The van der Waals surface area contributed by atoms with E-state index in [-0.39, 0.29) is 30.5 Å². The number of thiophene rings is 1. The molecule has 25 heavy (non-hydrogen) atoms. The summed E-state index contributed by atoms with van der Waals surface area (Å²) in [6, 6.07) is 2.59. The first kappa shape index (κ1) is 18.0. The van der Waals surface area contributed by atoms with Crippen LogP contribution in [0.3, 0.4) is 0 Å². The molecule has 136 valence electrons. The molecule has 8 heteroatoms. The van der Waals surface area contributed by atoms with Gasteiger partial charge in [-0.1, -0.05) is 5.21 Å². The van der Waals surface area contributed by atoms with Crippen molar-refractivity contribution in [1.82, 2.24) is 20.3 Å². The molecular weight excluding hydrogens is 338 g/mol. The average molecular weight is 363 g/mol. The molecule has 0 aliphatic heterocycles. The van der Waals surface area contributed by atoms with Crippen molar-refractivity contribution in [3.05, 3.63) is 34.3 Å². The van der Waals surface area contributed by atoms with Crippen LogP contribution in [0.4, 0.5) is 0 Å². The molecule has 1 saturated carbocycles. The molecule has 0 bridgehead atoms. The van der Waals surface area contributed by atoms with E-state index in [1.54, 1.807) is 22.2 Å². The van der Waals surface area contributed by atoms with Crippen LogP contribution in [0, 0.1) is 5.92 Å². The molecule has 4 N–H and O–H groups in total. The lowest BCUT2D eigenvalue weighted by molar-refractivity contribution is 0.0935. The molecule has 1 atom stereocenters. The molecular formula is C17H25N5O2S. The fourth-order valence-electron chi connectivity index (χ4n) is 3.20. The highest BCUT2D eigenvalue weighted by Gasteiger charge is 2.22. The van der Waals surface area contributed by atoms with E-state index in [0.717, 1.165) is 32.1 Å². The van der Waals surface area contributed by atoms with Gasteiger partial charge in [0.2, 0.25) is 0 Å². The zero-order chi connectivity index (χ0) is 17.6. The first-order valence-corrected chi connectivity index (χ1v) is 9.67. The van der Waals surface area contributed by atoms with Gasteiger partial charge in [0.15, 0.2) is 5.69 Å². The summed E-state index contributed by atoms with van der Waals surface area (Å²) in [6.45, 7) is 0.446. The van der Waals surface area contributed by atoms with E-state index in [1.807, 2.05) is 11.4 Å². The molecule has 0 saturated heterocycles. The largest absolute Gasteiger partial charge is 0.396 e. The predicted octanol–water partition coefficient (Wildman–Crippen LogP) is 1.36. The summed E-state index contributed by atoms with van der Waals surface area (Å²) in [5, 5.41) is 24.6. The summed E-state index contributed by atoms with van der Waals surface area (Å²) in [4.78, 5) is 12.3. The smallest absolute Gasteiger partial charge is 0.273 e. The highest BCUT2D eigenvalue weighted by Crippen LogP contribution is 2.26. The zero-order valence-corrected chi connectivity index (χ0v) is 15.0. The summed E-state index contributed by atoms with van der Waals surface area (Å²) in [6.07, 6.45) is 6.36. The molecule has 0 spiro atoms. The van der Waals surface area contributed by atoms with E-state index >= 15 is 0 Å². The van der Waals surface area contributed by atoms with Crippen molar-refractivity contribution in [2.45, 2.75) is 44.2 Å². The van der Waals surface area contributed by atoms with Gasteiger partial charge in [-0.3, -0.25) is 4.79 Å². The number of carbonyl (C=O) groups excluding carboxylic acids is 1. The minimum absolute atomic E-state index is 0.00609. The number of hydrogen-bond acceptors (Lipinski definition) is 6. The van der Waals surface area contributed by atoms with Crippen LogP contribution >= 0.6 is 11.3 Å². The van der Waals surface area contributed by atoms with E-state index in [0.29, 0.717) is 12.2 Å². The topological polar surface area (TPSA) is 106 Å². The number of carbonyl (C=O) groups is 1. The normalized spacial score (nSPS) is 21.8. The molecule has 1 amide bonds. The van der Waals surface area contributed by atoms with Gasteiger partial charge in [0.1, 0.15) is 0 Å². The Morgan fingerprint density at radius 1 is 1.44 bits per heavy atom. The van der Waals surface area contributed by atoms with Crippen LogP contribution in [-0.4, -0.2) is 45.2 Å². The maximum absolute atomic E-state index is 12.3. The molecule has 3 rings (SSSR count). The average Bonchev–Trinajstić information content (AvgIpc) is 3.30. The van der Waals surface area contributed by atoms with Gasteiger partial charge < -0.3 is 16.2 Å². The first-order valence-electron chi connectivity index (χ1n) is 8.73. The monoisotopic (exact) mass is 363 g/mol. The number of nitrogens with zero attached hydrogens (tertiary/aromatic N) is 3. The third-order valence-electron chi connectivity index (χ3n) is 4.77. The Balaban J connectivity index is 1.51. The summed E-state index contributed by atoms with van der Waals surface area (Å²) in [7, 11) is 0. The Morgan fingerprint density at radius 3 is 2.92 bits per heavy atom. The van der Waals surface area contributed by atoms with E-state index in [2.05, 4.69) is 21.0 Å². The summed E-state index contributed by atoms with van der Waals surface area (Å²) < 4.78 is 1.79. The van der Waals surface area contributed by atoms with Crippen molar-refractivity contribution in [2.75, 3.05) is 13.2 Å². The van der Waals surface area contributed by atoms with E-state index < -0.39 is 0 Å². The lowest BCUT2D eigenvalue weighted by atomic mass is 9.92. The van der Waals surface area contributed by atoms with Crippen LogP contribution in [0.5, 0.6) is 0 Å². The molecule has 2 heterocycles.